The number of aliphatic imine (C=N–C) groups is 1. The Hall–Kier alpha value is -1.04. The highest BCUT2D eigenvalue weighted by Crippen LogP contribution is 2.19. The van der Waals surface area contributed by atoms with Crippen LogP contribution in [0.4, 0.5) is 13.2 Å². The summed E-state index contributed by atoms with van der Waals surface area (Å²) in [6.07, 6.45) is 2.86. The minimum atomic E-state index is -4.14. The van der Waals surface area contributed by atoms with Crippen LogP contribution in [0.3, 0.4) is 0 Å². The van der Waals surface area contributed by atoms with Gasteiger partial charge < -0.3 is 15.2 Å². The van der Waals surface area contributed by atoms with Gasteiger partial charge in [-0.2, -0.15) is 13.2 Å². The molecule has 2 N–H and O–H groups in total. The molecule has 2 heterocycles. The van der Waals surface area contributed by atoms with E-state index in [0.717, 1.165) is 19.5 Å². The maximum atomic E-state index is 12.4. The molecule has 1 saturated heterocycles. The molecule has 0 aromatic carbocycles. The van der Waals surface area contributed by atoms with Crippen molar-refractivity contribution in [3.63, 3.8) is 0 Å². The first-order valence-electron chi connectivity index (χ1n) is 7.68. The summed E-state index contributed by atoms with van der Waals surface area (Å²) in [5.74, 6) is 0.634. The lowest BCUT2D eigenvalue weighted by atomic mass is 10.3. The number of hydrogen-bond donors (Lipinski definition) is 2. The Labute approximate surface area is 156 Å². The quantitative estimate of drug-likeness (QED) is 0.294. The van der Waals surface area contributed by atoms with Gasteiger partial charge in [-0.3, -0.25) is 9.89 Å². The normalized spacial score (nSPS) is 19.2. The Morgan fingerprint density at radius 1 is 1.42 bits per heavy atom. The molecule has 0 spiro atoms. The van der Waals surface area contributed by atoms with Crippen molar-refractivity contribution in [2.75, 3.05) is 33.2 Å². The molecule has 1 fully saturated rings. The van der Waals surface area contributed by atoms with Crippen molar-refractivity contribution < 1.29 is 13.2 Å². The Kier molecular flexibility index (Phi) is 8.81. The molecule has 1 aliphatic rings. The zero-order chi connectivity index (χ0) is 16.7. The van der Waals surface area contributed by atoms with Crippen LogP contribution in [0.15, 0.2) is 23.7 Å². The molecule has 1 unspecified atom stereocenters. The van der Waals surface area contributed by atoms with Crippen LogP contribution in [0.1, 0.15) is 12.8 Å². The SMILES string of the molecule is CN=C(NCCCn1ccnc1)NC1CCN(CC(F)(F)F)C1.I. The summed E-state index contributed by atoms with van der Waals surface area (Å²) in [4.78, 5) is 9.52. The van der Waals surface area contributed by atoms with E-state index in [-0.39, 0.29) is 30.0 Å². The average Bonchev–Trinajstić information content (AvgIpc) is 3.12. The number of imidazole rings is 1. The van der Waals surface area contributed by atoms with Crippen molar-refractivity contribution in [2.24, 2.45) is 4.99 Å². The first-order chi connectivity index (χ1) is 11.0. The largest absolute Gasteiger partial charge is 0.401 e. The summed E-state index contributed by atoms with van der Waals surface area (Å²) >= 11 is 0. The number of nitrogens with zero attached hydrogens (tertiary/aromatic N) is 4. The molecule has 0 saturated carbocycles. The number of likely N-dealkylation sites (tertiary alicyclic amines) is 1. The van der Waals surface area contributed by atoms with Crippen molar-refractivity contribution >= 4 is 29.9 Å². The number of nitrogens with one attached hydrogen (secondary N) is 2. The highest BCUT2D eigenvalue weighted by atomic mass is 127. The number of rotatable bonds is 6. The molecular formula is C14H24F3IN6. The van der Waals surface area contributed by atoms with Crippen LogP contribution in [0.25, 0.3) is 0 Å². The lowest BCUT2D eigenvalue weighted by molar-refractivity contribution is -0.143. The molecule has 0 aliphatic carbocycles. The highest BCUT2D eigenvalue weighted by Gasteiger charge is 2.34. The van der Waals surface area contributed by atoms with Crippen molar-refractivity contribution in [3.05, 3.63) is 18.7 Å². The fourth-order valence-electron chi connectivity index (χ4n) is 2.62. The second-order valence-corrected chi connectivity index (χ2v) is 5.63. The molecular weight excluding hydrogens is 436 g/mol. The monoisotopic (exact) mass is 460 g/mol. The van der Waals surface area contributed by atoms with Gasteiger partial charge in [0.05, 0.1) is 12.9 Å². The number of guanidine groups is 1. The Morgan fingerprint density at radius 3 is 2.83 bits per heavy atom. The second kappa shape index (κ2) is 10.1. The van der Waals surface area contributed by atoms with E-state index in [1.165, 1.54) is 4.90 Å². The van der Waals surface area contributed by atoms with Gasteiger partial charge in [0.1, 0.15) is 0 Å². The Bertz CT molecular complexity index is 491. The first kappa shape index (κ1) is 21.0. The van der Waals surface area contributed by atoms with E-state index < -0.39 is 12.7 Å². The average molecular weight is 460 g/mol. The van der Waals surface area contributed by atoms with Crippen LogP contribution in [0, 0.1) is 0 Å². The molecule has 10 heteroatoms. The van der Waals surface area contributed by atoms with Crippen molar-refractivity contribution in [1.29, 1.82) is 0 Å². The molecule has 1 aromatic heterocycles. The van der Waals surface area contributed by atoms with Gasteiger partial charge in [0.15, 0.2) is 5.96 Å². The zero-order valence-corrected chi connectivity index (χ0v) is 15.9. The summed E-state index contributed by atoms with van der Waals surface area (Å²) in [5.41, 5.74) is 0. The van der Waals surface area contributed by atoms with Crippen LogP contribution < -0.4 is 10.6 Å². The third-order valence-electron chi connectivity index (χ3n) is 3.68. The lowest BCUT2D eigenvalue weighted by Gasteiger charge is -2.19. The van der Waals surface area contributed by atoms with Gasteiger partial charge >= 0.3 is 6.18 Å². The highest BCUT2D eigenvalue weighted by molar-refractivity contribution is 14.0. The van der Waals surface area contributed by atoms with E-state index in [9.17, 15) is 13.2 Å². The van der Waals surface area contributed by atoms with Gasteiger partial charge in [-0.1, -0.05) is 0 Å². The number of aromatic nitrogens is 2. The van der Waals surface area contributed by atoms with Gasteiger partial charge in [0.2, 0.25) is 0 Å². The van der Waals surface area contributed by atoms with Gasteiger partial charge in [-0.25, -0.2) is 4.98 Å². The Morgan fingerprint density at radius 2 is 2.21 bits per heavy atom. The molecule has 0 bridgehead atoms. The number of alkyl halides is 3. The standard InChI is InChI=1S/C14H23F3N6.HI/c1-18-13(20-4-2-6-22-8-5-19-11-22)21-12-3-7-23(9-12)10-14(15,16)17;/h5,8,11-12H,2-4,6-7,9-10H2,1H3,(H2,18,20,21);1H. The molecule has 0 radical (unpaired) electrons. The summed E-state index contributed by atoms with van der Waals surface area (Å²) < 4.78 is 39.1. The molecule has 0 amide bonds. The van der Waals surface area contributed by atoms with Crippen LogP contribution in [-0.4, -0.2) is 65.9 Å². The molecule has 24 heavy (non-hydrogen) atoms. The van der Waals surface area contributed by atoms with Crippen LogP contribution >= 0.6 is 24.0 Å². The van der Waals surface area contributed by atoms with Crippen LogP contribution in [0.5, 0.6) is 0 Å². The minimum Gasteiger partial charge on any atom is -0.356 e. The third-order valence-corrected chi connectivity index (χ3v) is 3.68. The minimum absolute atomic E-state index is 0. The smallest absolute Gasteiger partial charge is 0.356 e. The third kappa shape index (κ3) is 7.69. The van der Waals surface area contributed by atoms with E-state index in [4.69, 9.17) is 0 Å². The van der Waals surface area contributed by atoms with E-state index in [1.54, 1.807) is 19.6 Å². The Balaban J connectivity index is 0.00000288. The summed E-state index contributed by atoms with van der Waals surface area (Å²) in [7, 11) is 1.66. The summed E-state index contributed by atoms with van der Waals surface area (Å²) in [6, 6.07) is -0.00259. The van der Waals surface area contributed by atoms with E-state index in [0.29, 0.717) is 25.5 Å². The van der Waals surface area contributed by atoms with Gasteiger partial charge in [0, 0.05) is 51.7 Å². The molecule has 138 valence electrons. The number of halogens is 4. The number of aryl methyl sites for hydroxylation is 1. The first-order valence-corrected chi connectivity index (χ1v) is 7.68. The maximum absolute atomic E-state index is 12.4. The van der Waals surface area contributed by atoms with Gasteiger partial charge in [-0.05, 0) is 12.8 Å². The van der Waals surface area contributed by atoms with Crippen molar-refractivity contribution in [2.45, 2.75) is 31.6 Å². The maximum Gasteiger partial charge on any atom is 0.401 e. The fourth-order valence-corrected chi connectivity index (χ4v) is 2.62. The predicted octanol–water partition coefficient (Wildman–Crippen LogP) is 1.69. The van der Waals surface area contributed by atoms with Crippen LogP contribution in [-0.2, 0) is 6.54 Å². The number of hydrogen-bond acceptors (Lipinski definition) is 3. The van der Waals surface area contributed by atoms with Crippen molar-refractivity contribution in [1.82, 2.24) is 25.1 Å². The molecule has 6 nitrogen and oxygen atoms in total. The van der Waals surface area contributed by atoms with Crippen molar-refractivity contribution in [3.8, 4) is 0 Å². The van der Waals surface area contributed by atoms with E-state index in [2.05, 4.69) is 20.6 Å². The van der Waals surface area contributed by atoms with Crippen LogP contribution in [0.2, 0.25) is 0 Å². The van der Waals surface area contributed by atoms with E-state index >= 15 is 0 Å². The fraction of sp³-hybridized carbons (Fsp3) is 0.714. The van der Waals surface area contributed by atoms with E-state index in [1.807, 2.05) is 10.8 Å². The molecule has 2 rings (SSSR count). The summed E-state index contributed by atoms with van der Waals surface area (Å²) in [5, 5.41) is 6.37. The molecule has 1 atom stereocenters. The topological polar surface area (TPSA) is 57.5 Å². The molecule has 1 aliphatic heterocycles. The van der Waals surface area contributed by atoms with Gasteiger partial charge in [0.25, 0.3) is 0 Å². The molecule has 1 aromatic rings. The predicted molar refractivity (Wildman–Crippen MR) is 97.7 cm³/mol. The second-order valence-electron chi connectivity index (χ2n) is 5.63. The van der Waals surface area contributed by atoms with Gasteiger partial charge in [-0.15, -0.1) is 24.0 Å². The zero-order valence-electron chi connectivity index (χ0n) is 13.6. The summed E-state index contributed by atoms with van der Waals surface area (Å²) in [6.45, 7) is 1.58. The lowest BCUT2D eigenvalue weighted by Crippen LogP contribution is -2.45.